The number of para-hydroxylation sites is 2. The monoisotopic (exact) mass is 834 g/mol. The van der Waals surface area contributed by atoms with Crippen molar-refractivity contribution >= 4 is 97.9 Å². The van der Waals surface area contributed by atoms with Crippen molar-refractivity contribution in [3.63, 3.8) is 0 Å². The summed E-state index contributed by atoms with van der Waals surface area (Å²) in [6, 6.07) is 73.7. The van der Waals surface area contributed by atoms with Crippen molar-refractivity contribution in [1.29, 1.82) is 0 Å². The lowest BCUT2D eigenvalue weighted by atomic mass is 9.97. The molecule has 0 aliphatic carbocycles. The molecule has 0 unspecified atom stereocenters. The van der Waals surface area contributed by atoms with Gasteiger partial charge >= 0.3 is 0 Å². The molecule has 298 valence electrons. The Hall–Kier alpha value is -8.32. The Morgan fingerprint density at radius 3 is 1.97 bits per heavy atom. The molecular formula is C58H34N4OS. The van der Waals surface area contributed by atoms with E-state index >= 15 is 0 Å². The molecule has 5 nitrogen and oxygen atoms in total. The number of hydrogen-bond donors (Lipinski definition) is 0. The van der Waals surface area contributed by atoms with Gasteiger partial charge in [-0.3, -0.25) is 4.57 Å². The highest BCUT2D eigenvalue weighted by Crippen LogP contribution is 2.44. The van der Waals surface area contributed by atoms with Crippen LogP contribution in [0.1, 0.15) is 0 Å². The van der Waals surface area contributed by atoms with E-state index in [-0.39, 0.29) is 0 Å². The maximum atomic E-state index is 6.24. The Morgan fingerprint density at radius 1 is 0.406 bits per heavy atom. The average Bonchev–Trinajstić information content (AvgIpc) is 4.13. The van der Waals surface area contributed by atoms with E-state index in [9.17, 15) is 0 Å². The van der Waals surface area contributed by atoms with Crippen molar-refractivity contribution in [1.82, 2.24) is 19.1 Å². The van der Waals surface area contributed by atoms with Crippen LogP contribution in [0.3, 0.4) is 0 Å². The summed E-state index contributed by atoms with van der Waals surface area (Å²) in [4.78, 5) is 12.0. The molecule has 9 aromatic carbocycles. The van der Waals surface area contributed by atoms with E-state index in [1.807, 2.05) is 12.1 Å². The molecule has 0 saturated heterocycles. The lowest BCUT2D eigenvalue weighted by Gasteiger charge is -2.11. The quantitative estimate of drug-likeness (QED) is 0.174. The van der Waals surface area contributed by atoms with Crippen LogP contribution in [0.5, 0.6) is 0 Å². The fraction of sp³-hybridized carbons (Fsp3) is 0. The third kappa shape index (κ3) is 5.17. The minimum atomic E-state index is 0.652. The van der Waals surface area contributed by atoms with E-state index in [1.165, 1.54) is 42.9 Å². The summed E-state index contributed by atoms with van der Waals surface area (Å²) in [5.41, 5.74) is 13.8. The van der Waals surface area contributed by atoms with Crippen molar-refractivity contribution in [3.05, 3.63) is 206 Å². The van der Waals surface area contributed by atoms with Crippen LogP contribution in [-0.2, 0) is 0 Å². The van der Waals surface area contributed by atoms with E-state index in [0.717, 1.165) is 82.1 Å². The number of rotatable bonds is 5. The number of aromatic nitrogens is 4. The molecule has 0 fully saturated rings. The lowest BCUT2D eigenvalue weighted by molar-refractivity contribution is 0.669. The predicted octanol–water partition coefficient (Wildman–Crippen LogP) is 15.9. The molecule has 0 bridgehead atoms. The second-order valence-corrected chi connectivity index (χ2v) is 17.6. The third-order valence-corrected chi connectivity index (χ3v) is 14.1. The van der Waals surface area contributed by atoms with Gasteiger partial charge in [0.2, 0.25) is 5.95 Å². The fourth-order valence-corrected chi connectivity index (χ4v) is 11.2. The average molecular weight is 835 g/mol. The summed E-state index contributed by atoms with van der Waals surface area (Å²) in [5, 5.41) is 9.39. The van der Waals surface area contributed by atoms with Crippen LogP contribution in [0.2, 0.25) is 0 Å². The van der Waals surface area contributed by atoms with E-state index in [2.05, 4.69) is 203 Å². The van der Waals surface area contributed by atoms with Crippen LogP contribution in [0.25, 0.3) is 131 Å². The second-order valence-electron chi connectivity index (χ2n) is 16.5. The van der Waals surface area contributed by atoms with Crippen molar-refractivity contribution in [2.75, 3.05) is 0 Å². The summed E-state index contributed by atoms with van der Waals surface area (Å²) in [7, 11) is 0. The van der Waals surface area contributed by atoms with Crippen molar-refractivity contribution in [2.24, 2.45) is 0 Å². The van der Waals surface area contributed by atoms with Gasteiger partial charge in [-0.1, -0.05) is 146 Å². The van der Waals surface area contributed by atoms with Gasteiger partial charge in [-0.05, 0) is 88.1 Å². The Morgan fingerprint density at radius 2 is 1.09 bits per heavy atom. The normalized spacial score (nSPS) is 12.1. The Balaban J connectivity index is 1.02. The van der Waals surface area contributed by atoms with E-state index < -0.39 is 0 Å². The first-order valence-electron chi connectivity index (χ1n) is 21.6. The molecular weight excluding hydrogens is 801 g/mol. The minimum Gasteiger partial charge on any atom is -0.456 e. The summed E-state index contributed by atoms with van der Waals surface area (Å²) in [5.74, 6) is 0.652. The lowest BCUT2D eigenvalue weighted by Crippen LogP contribution is -2.02. The fourth-order valence-electron chi connectivity index (χ4n) is 10.1. The zero-order valence-corrected chi connectivity index (χ0v) is 35.1. The first-order chi connectivity index (χ1) is 31.7. The van der Waals surface area contributed by atoms with E-state index in [0.29, 0.717) is 5.95 Å². The number of hydrogen-bond acceptors (Lipinski definition) is 4. The summed E-state index contributed by atoms with van der Waals surface area (Å²) in [6.45, 7) is 0. The summed E-state index contributed by atoms with van der Waals surface area (Å²) >= 11 is 1.75. The molecule has 0 N–H and O–H groups in total. The van der Waals surface area contributed by atoms with Crippen LogP contribution in [0, 0.1) is 0 Å². The first kappa shape index (κ1) is 35.3. The Kier molecular flexibility index (Phi) is 7.49. The van der Waals surface area contributed by atoms with Gasteiger partial charge in [0.25, 0.3) is 0 Å². The summed E-state index contributed by atoms with van der Waals surface area (Å²) < 4.78 is 12.0. The minimum absolute atomic E-state index is 0.652. The number of thiophene rings is 1. The maximum absolute atomic E-state index is 6.24. The zero-order chi connectivity index (χ0) is 41.9. The zero-order valence-electron chi connectivity index (χ0n) is 34.2. The van der Waals surface area contributed by atoms with Gasteiger partial charge in [-0.2, -0.15) is 0 Å². The molecule has 0 amide bonds. The van der Waals surface area contributed by atoms with Gasteiger partial charge < -0.3 is 8.98 Å². The summed E-state index contributed by atoms with van der Waals surface area (Å²) in [6.07, 6.45) is 0. The van der Waals surface area contributed by atoms with Gasteiger partial charge in [0.1, 0.15) is 11.2 Å². The van der Waals surface area contributed by atoms with Crippen LogP contribution < -0.4 is 0 Å². The molecule has 0 aliphatic rings. The van der Waals surface area contributed by atoms with Gasteiger partial charge in [0, 0.05) is 48.4 Å². The highest BCUT2D eigenvalue weighted by atomic mass is 32.1. The van der Waals surface area contributed by atoms with Crippen molar-refractivity contribution in [2.45, 2.75) is 0 Å². The SMILES string of the molecule is c1ccc(-c2cc3nc(-n4c5ccc(-c6cccc7c6c6ccccc6n7-c6ccc7oc8ccccc8c7c6)cc5c5c6ccccc6ccc54)nc(-c4ccccc4)c3s2)cc1. The molecule has 0 saturated carbocycles. The maximum Gasteiger partial charge on any atom is 0.235 e. The standard InChI is InChI=1S/C58H34N4OS/c1-3-15-36(16-4-1)53-34-46-57(64-53)56(37-17-5-2-6-18-37)60-58(59-46)62-48-29-27-38(32-45(48)55-40-19-8-7-14-35(40)26-30-50(55)62)41-22-13-24-49-54(41)43-21-9-11-23-47(43)61(49)39-28-31-52-44(33-39)42-20-10-12-25-51(42)63-52/h1-34H. The molecule has 5 aromatic heterocycles. The van der Waals surface area contributed by atoms with Crippen LogP contribution in [0.4, 0.5) is 0 Å². The molecule has 0 aliphatic heterocycles. The van der Waals surface area contributed by atoms with Crippen LogP contribution in [0.15, 0.2) is 211 Å². The van der Waals surface area contributed by atoms with Crippen molar-refractivity contribution < 1.29 is 4.42 Å². The second kappa shape index (κ2) is 13.6. The molecule has 0 radical (unpaired) electrons. The molecule has 6 heteroatoms. The molecule has 5 heterocycles. The highest BCUT2D eigenvalue weighted by molar-refractivity contribution is 7.22. The molecule has 0 spiro atoms. The molecule has 64 heavy (non-hydrogen) atoms. The van der Waals surface area contributed by atoms with Crippen LogP contribution in [-0.4, -0.2) is 19.1 Å². The van der Waals surface area contributed by atoms with Gasteiger partial charge in [-0.15, -0.1) is 11.3 Å². The van der Waals surface area contributed by atoms with Crippen LogP contribution >= 0.6 is 11.3 Å². The molecule has 0 atom stereocenters. The predicted molar refractivity (Wildman–Crippen MR) is 267 cm³/mol. The van der Waals surface area contributed by atoms with Crippen molar-refractivity contribution in [3.8, 4) is 44.5 Å². The number of fused-ring (bicyclic) bond motifs is 12. The smallest absolute Gasteiger partial charge is 0.235 e. The highest BCUT2D eigenvalue weighted by Gasteiger charge is 2.23. The Bertz CT molecular complexity index is 4190. The van der Waals surface area contributed by atoms with Gasteiger partial charge in [-0.25, -0.2) is 9.97 Å². The third-order valence-electron chi connectivity index (χ3n) is 12.9. The first-order valence-corrected chi connectivity index (χ1v) is 22.4. The van der Waals surface area contributed by atoms with E-state index in [4.69, 9.17) is 14.4 Å². The van der Waals surface area contributed by atoms with E-state index in [1.54, 1.807) is 11.3 Å². The van der Waals surface area contributed by atoms with Gasteiger partial charge in [0.15, 0.2) is 0 Å². The molecule has 14 rings (SSSR count). The Labute approximate surface area is 370 Å². The topological polar surface area (TPSA) is 48.8 Å². The van der Waals surface area contributed by atoms with Gasteiger partial charge in [0.05, 0.1) is 38.0 Å². The largest absolute Gasteiger partial charge is 0.456 e. The number of nitrogens with zero attached hydrogens (tertiary/aromatic N) is 4. The molecule has 14 aromatic rings. The number of furan rings is 1. The number of benzene rings is 9.